The highest BCUT2D eigenvalue weighted by molar-refractivity contribution is 8.10. The fourth-order valence-corrected chi connectivity index (χ4v) is 3.04. The zero-order chi connectivity index (χ0) is 11.4. The van der Waals surface area contributed by atoms with Gasteiger partial charge in [-0.25, -0.2) is 15.1 Å². The molecule has 0 aromatic rings. The van der Waals surface area contributed by atoms with E-state index in [0.29, 0.717) is 4.32 Å². The van der Waals surface area contributed by atoms with E-state index in [4.69, 9.17) is 12.2 Å². The van der Waals surface area contributed by atoms with Gasteiger partial charge in [-0.3, -0.25) is 0 Å². The predicted octanol–water partition coefficient (Wildman–Crippen LogP) is 2.30. The van der Waals surface area contributed by atoms with Gasteiger partial charge in [0.05, 0.1) is 0 Å². The van der Waals surface area contributed by atoms with Crippen LogP contribution in [0.2, 0.25) is 0 Å². The fraction of sp³-hybridized carbons (Fsp3) is 0.909. The van der Waals surface area contributed by atoms with Crippen molar-refractivity contribution in [1.82, 2.24) is 15.1 Å². The molecule has 3 nitrogen and oxygen atoms in total. The topological polar surface area (TPSA) is 9.72 Å². The van der Waals surface area contributed by atoms with Gasteiger partial charge in [0.2, 0.25) is 0 Å². The number of thiocarbonyl (C=S) groups is 1. The lowest BCUT2D eigenvalue weighted by Crippen LogP contribution is -2.57. The van der Waals surface area contributed by atoms with E-state index in [1.807, 2.05) is 0 Å². The lowest BCUT2D eigenvalue weighted by molar-refractivity contribution is -0.135. The van der Waals surface area contributed by atoms with Crippen molar-refractivity contribution in [3.05, 3.63) is 0 Å². The van der Waals surface area contributed by atoms with Gasteiger partial charge < -0.3 is 0 Å². The molecular weight excluding hydrogens is 238 g/mol. The standard InChI is InChI=1S/C11H21N3S2/c15-11(16)14(12-7-3-1-4-8-12)13-9-5-2-6-10-13/h1-10H2,(H,15,16). The molecule has 2 fully saturated rings. The van der Waals surface area contributed by atoms with Crippen molar-refractivity contribution in [3.63, 3.8) is 0 Å². The Balaban J connectivity index is 1.99. The van der Waals surface area contributed by atoms with Crippen LogP contribution in [0.1, 0.15) is 38.5 Å². The van der Waals surface area contributed by atoms with Crippen molar-refractivity contribution in [3.8, 4) is 0 Å². The van der Waals surface area contributed by atoms with Crippen LogP contribution < -0.4 is 0 Å². The average molecular weight is 259 g/mol. The molecule has 0 aromatic carbocycles. The largest absolute Gasteiger partial charge is 0.219 e. The highest BCUT2D eigenvalue weighted by Gasteiger charge is 2.26. The monoisotopic (exact) mass is 259 g/mol. The van der Waals surface area contributed by atoms with Crippen molar-refractivity contribution in [1.29, 1.82) is 0 Å². The highest BCUT2D eigenvalue weighted by Crippen LogP contribution is 2.19. The molecule has 0 bridgehead atoms. The Hall–Kier alpha value is 0.160. The van der Waals surface area contributed by atoms with E-state index in [2.05, 4.69) is 27.8 Å². The van der Waals surface area contributed by atoms with E-state index < -0.39 is 0 Å². The van der Waals surface area contributed by atoms with E-state index in [0.717, 1.165) is 26.2 Å². The quantitative estimate of drug-likeness (QED) is 0.602. The number of thiol groups is 1. The van der Waals surface area contributed by atoms with Crippen LogP contribution in [0.5, 0.6) is 0 Å². The first kappa shape index (κ1) is 12.6. The lowest BCUT2D eigenvalue weighted by Gasteiger charge is -2.45. The molecule has 0 aliphatic carbocycles. The molecule has 0 atom stereocenters. The third-order valence-corrected chi connectivity index (χ3v) is 3.71. The van der Waals surface area contributed by atoms with Crippen molar-refractivity contribution < 1.29 is 0 Å². The van der Waals surface area contributed by atoms with Gasteiger partial charge in [0.15, 0.2) is 4.32 Å². The molecule has 0 unspecified atom stereocenters. The van der Waals surface area contributed by atoms with Crippen molar-refractivity contribution in [2.24, 2.45) is 0 Å². The summed E-state index contributed by atoms with van der Waals surface area (Å²) in [5.41, 5.74) is 0. The molecule has 16 heavy (non-hydrogen) atoms. The van der Waals surface area contributed by atoms with Crippen molar-refractivity contribution in [2.45, 2.75) is 38.5 Å². The first-order valence-electron chi connectivity index (χ1n) is 6.32. The average Bonchev–Trinajstić information content (AvgIpc) is 2.31. The molecule has 0 N–H and O–H groups in total. The minimum Gasteiger partial charge on any atom is -0.219 e. The van der Waals surface area contributed by atoms with Crippen LogP contribution in [-0.4, -0.2) is 45.6 Å². The number of piperidine rings is 2. The molecule has 2 heterocycles. The third-order valence-electron chi connectivity index (χ3n) is 3.37. The van der Waals surface area contributed by atoms with Gasteiger partial charge in [-0.2, -0.15) is 0 Å². The molecule has 0 radical (unpaired) electrons. The molecule has 0 aromatic heterocycles. The Morgan fingerprint density at radius 1 is 0.812 bits per heavy atom. The number of hydrogen-bond donors (Lipinski definition) is 1. The highest BCUT2D eigenvalue weighted by atomic mass is 32.1. The summed E-state index contributed by atoms with van der Waals surface area (Å²) in [5.74, 6) is 0. The first-order chi connectivity index (χ1) is 7.79. The maximum Gasteiger partial charge on any atom is 0.164 e. The number of rotatable bonds is 2. The molecule has 0 saturated carbocycles. The van der Waals surface area contributed by atoms with Crippen LogP contribution in [0.15, 0.2) is 0 Å². The van der Waals surface area contributed by atoms with E-state index in [1.54, 1.807) is 0 Å². The lowest BCUT2D eigenvalue weighted by atomic mass is 10.1. The normalized spacial score (nSPS) is 24.3. The molecular formula is C11H21N3S2. The number of nitrogens with zero attached hydrogens (tertiary/aromatic N) is 3. The Morgan fingerprint density at radius 2 is 1.19 bits per heavy atom. The van der Waals surface area contributed by atoms with Crippen LogP contribution in [0.3, 0.4) is 0 Å². The van der Waals surface area contributed by atoms with Gasteiger partial charge in [0, 0.05) is 26.2 Å². The maximum absolute atomic E-state index is 5.29. The van der Waals surface area contributed by atoms with Crippen LogP contribution in [0.25, 0.3) is 0 Å². The van der Waals surface area contributed by atoms with Gasteiger partial charge in [-0.1, -0.05) is 12.8 Å². The fourth-order valence-electron chi connectivity index (χ4n) is 2.55. The number of hydrazine groups is 2. The molecule has 2 aliphatic rings. The summed E-state index contributed by atoms with van der Waals surface area (Å²) in [7, 11) is 0. The van der Waals surface area contributed by atoms with E-state index >= 15 is 0 Å². The molecule has 0 spiro atoms. The summed E-state index contributed by atoms with van der Waals surface area (Å²) in [5, 5.41) is 6.88. The molecule has 0 amide bonds. The van der Waals surface area contributed by atoms with Gasteiger partial charge >= 0.3 is 0 Å². The van der Waals surface area contributed by atoms with Crippen LogP contribution in [0.4, 0.5) is 0 Å². The van der Waals surface area contributed by atoms with E-state index in [9.17, 15) is 0 Å². The molecule has 2 rings (SSSR count). The molecule has 92 valence electrons. The molecule has 5 heteroatoms. The minimum atomic E-state index is 0.698. The maximum atomic E-state index is 5.29. The van der Waals surface area contributed by atoms with Crippen LogP contribution >= 0.6 is 24.8 Å². The second kappa shape index (κ2) is 6.19. The van der Waals surface area contributed by atoms with E-state index in [1.165, 1.54) is 38.5 Å². The van der Waals surface area contributed by atoms with Gasteiger partial charge in [-0.15, -0.1) is 12.6 Å². The summed E-state index contributed by atoms with van der Waals surface area (Å²) < 4.78 is 0.698. The zero-order valence-corrected chi connectivity index (χ0v) is 11.5. The summed E-state index contributed by atoms with van der Waals surface area (Å²) in [4.78, 5) is 0. The van der Waals surface area contributed by atoms with Crippen LogP contribution in [-0.2, 0) is 0 Å². The first-order valence-corrected chi connectivity index (χ1v) is 7.17. The second-order valence-corrected chi connectivity index (χ2v) is 5.71. The van der Waals surface area contributed by atoms with Crippen molar-refractivity contribution >= 4 is 29.2 Å². The van der Waals surface area contributed by atoms with Gasteiger partial charge in [0.25, 0.3) is 0 Å². The molecule has 2 aliphatic heterocycles. The Labute approximate surface area is 109 Å². The summed E-state index contributed by atoms with van der Waals surface area (Å²) >= 11 is 9.67. The minimum absolute atomic E-state index is 0.698. The van der Waals surface area contributed by atoms with Gasteiger partial charge in [-0.05, 0) is 37.9 Å². The Morgan fingerprint density at radius 3 is 1.50 bits per heavy atom. The Kier molecular flexibility index (Phi) is 4.88. The summed E-state index contributed by atoms with van der Waals surface area (Å²) in [6, 6.07) is 0. The Bertz CT molecular complexity index is 217. The SMILES string of the molecule is S=C(S)N(N1CCCCC1)N1CCCCC1. The van der Waals surface area contributed by atoms with Gasteiger partial charge in [0.1, 0.15) is 0 Å². The van der Waals surface area contributed by atoms with E-state index in [-0.39, 0.29) is 0 Å². The van der Waals surface area contributed by atoms with Crippen LogP contribution in [0, 0.1) is 0 Å². The second-order valence-electron chi connectivity index (χ2n) is 4.60. The summed E-state index contributed by atoms with van der Waals surface area (Å²) in [6.45, 7) is 4.49. The number of hydrogen-bond acceptors (Lipinski definition) is 3. The zero-order valence-electron chi connectivity index (χ0n) is 9.77. The smallest absolute Gasteiger partial charge is 0.164 e. The molecule has 2 saturated heterocycles. The third kappa shape index (κ3) is 3.09. The predicted molar refractivity (Wildman–Crippen MR) is 74.3 cm³/mol. The summed E-state index contributed by atoms with van der Waals surface area (Å²) in [6.07, 6.45) is 7.82. The van der Waals surface area contributed by atoms with Crippen molar-refractivity contribution in [2.75, 3.05) is 26.2 Å².